The molecular weight excluding hydrogens is 324 g/mol. The molecule has 0 heterocycles. The Morgan fingerprint density at radius 3 is 1.80 bits per heavy atom. The van der Waals surface area contributed by atoms with Crippen LogP contribution in [0.4, 0.5) is 0 Å². The summed E-state index contributed by atoms with van der Waals surface area (Å²) in [7, 11) is 0. The van der Waals surface area contributed by atoms with Crippen LogP contribution in [0.2, 0.25) is 0 Å². The van der Waals surface area contributed by atoms with Crippen LogP contribution in [0, 0.1) is 20.2 Å². The highest BCUT2D eigenvalue weighted by atomic mass is 16.6. The highest BCUT2D eigenvalue weighted by Gasteiger charge is 2.20. The summed E-state index contributed by atoms with van der Waals surface area (Å²) in [5, 5.41) is 22.2. The predicted octanol–water partition coefficient (Wildman–Crippen LogP) is 5.12. The van der Waals surface area contributed by atoms with Gasteiger partial charge in [0.25, 0.3) is 11.4 Å². The summed E-state index contributed by atoms with van der Waals surface area (Å²) in [6.07, 6.45) is 13.6. The van der Waals surface area contributed by atoms with E-state index in [1.807, 2.05) is 13.2 Å². The molecule has 0 aromatic heterocycles. The lowest BCUT2D eigenvalue weighted by molar-refractivity contribution is -0.450. The smallest absolute Gasteiger partial charge is 0.253 e. The van der Waals surface area contributed by atoms with Gasteiger partial charge in [0.2, 0.25) is 0 Å². The van der Waals surface area contributed by atoms with Gasteiger partial charge in [-0.2, -0.15) is 0 Å². The van der Waals surface area contributed by atoms with Crippen molar-refractivity contribution < 1.29 is 14.6 Å². The maximum absolute atomic E-state index is 11.1. The molecular formula is C18H29N2O5. The van der Waals surface area contributed by atoms with Gasteiger partial charge in [0.15, 0.2) is 6.29 Å². The molecule has 141 valence electrons. The Hall–Kier alpha value is -2.05. The van der Waals surface area contributed by atoms with Crippen molar-refractivity contribution in [2.45, 2.75) is 84.0 Å². The van der Waals surface area contributed by atoms with E-state index in [-0.39, 0.29) is 17.8 Å². The maximum Gasteiger partial charge on any atom is 0.253 e. The zero-order valence-corrected chi connectivity index (χ0v) is 15.1. The number of carbonyl (C=O) groups excluding carboxylic acids is 1. The second-order valence-corrected chi connectivity index (χ2v) is 6.03. The van der Waals surface area contributed by atoms with Gasteiger partial charge in [-0.3, -0.25) is 25.0 Å². The first kappa shape index (κ1) is 22.9. The third kappa shape index (κ3) is 13.0. The molecule has 0 fully saturated rings. The van der Waals surface area contributed by atoms with Gasteiger partial charge in [-0.15, -0.1) is 0 Å². The lowest BCUT2D eigenvalue weighted by atomic mass is 10.1. The van der Waals surface area contributed by atoms with E-state index in [2.05, 4.69) is 0 Å². The van der Waals surface area contributed by atoms with Crippen molar-refractivity contribution in [3.05, 3.63) is 43.8 Å². The molecule has 0 aliphatic rings. The van der Waals surface area contributed by atoms with Gasteiger partial charge in [0.1, 0.15) is 6.42 Å². The van der Waals surface area contributed by atoms with Crippen LogP contribution in [0.5, 0.6) is 0 Å². The summed E-state index contributed by atoms with van der Waals surface area (Å²) < 4.78 is 0. The molecule has 0 rings (SSSR count). The number of rotatable bonds is 16. The van der Waals surface area contributed by atoms with E-state index in [1.54, 1.807) is 0 Å². The van der Waals surface area contributed by atoms with E-state index < -0.39 is 9.85 Å². The molecule has 7 nitrogen and oxygen atoms in total. The molecule has 0 aliphatic carbocycles. The molecule has 1 radical (unpaired) electrons. The summed E-state index contributed by atoms with van der Waals surface area (Å²) in [6, 6.07) is 0. The molecule has 0 unspecified atom stereocenters. The SMILES string of the molecule is CCCCC/C=C(\C/C(=C\CCCCCCC[C]=O)[N+](=O)[O-])[N+](=O)[O-]. The van der Waals surface area contributed by atoms with Crippen LogP contribution in [-0.2, 0) is 4.79 Å². The Kier molecular flexibility index (Phi) is 14.2. The summed E-state index contributed by atoms with van der Waals surface area (Å²) >= 11 is 0. The fraction of sp³-hybridized carbons (Fsp3) is 0.722. The second-order valence-electron chi connectivity index (χ2n) is 6.03. The quantitative estimate of drug-likeness (QED) is 0.218. The van der Waals surface area contributed by atoms with Crippen molar-refractivity contribution in [2.24, 2.45) is 0 Å². The number of nitrogens with zero attached hydrogens (tertiary/aromatic N) is 2. The number of nitro groups is 2. The summed E-state index contributed by atoms with van der Waals surface area (Å²) in [4.78, 5) is 31.2. The fourth-order valence-electron chi connectivity index (χ4n) is 2.41. The fourth-order valence-corrected chi connectivity index (χ4v) is 2.41. The molecule has 0 saturated heterocycles. The van der Waals surface area contributed by atoms with E-state index in [0.717, 1.165) is 51.4 Å². The highest BCUT2D eigenvalue weighted by molar-refractivity contribution is 5.50. The minimum Gasteiger partial charge on any atom is -0.291 e. The van der Waals surface area contributed by atoms with Crippen molar-refractivity contribution in [3.8, 4) is 0 Å². The molecule has 7 heteroatoms. The first-order valence-electron chi connectivity index (χ1n) is 9.04. The Morgan fingerprint density at radius 2 is 1.32 bits per heavy atom. The lowest BCUT2D eigenvalue weighted by Gasteiger charge is -2.00. The topological polar surface area (TPSA) is 103 Å². The third-order valence-corrected chi connectivity index (χ3v) is 3.88. The molecule has 0 amide bonds. The van der Waals surface area contributed by atoms with Gasteiger partial charge in [-0.1, -0.05) is 39.0 Å². The molecule has 0 aliphatic heterocycles. The maximum atomic E-state index is 11.1. The van der Waals surface area contributed by atoms with Crippen LogP contribution < -0.4 is 0 Å². The van der Waals surface area contributed by atoms with Crippen molar-refractivity contribution in [1.29, 1.82) is 0 Å². The van der Waals surface area contributed by atoms with Gasteiger partial charge in [0.05, 0.1) is 9.85 Å². The Morgan fingerprint density at radius 1 is 0.840 bits per heavy atom. The Balaban J connectivity index is 4.41. The summed E-state index contributed by atoms with van der Waals surface area (Å²) in [6.45, 7) is 2.05. The van der Waals surface area contributed by atoms with E-state index in [0.29, 0.717) is 19.3 Å². The first-order chi connectivity index (χ1) is 12.0. The number of hydrogen-bond donors (Lipinski definition) is 0. The van der Waals surface area contributed by atoms with Crippen LogP contribution in [-0.4, -0.2) is 16.1 Å². The molecule has 0 saturated carbocycles. The zero-order valence-electron chi connectivity index (χ0n) is 15.1. The average Bonchev–Trinajstić information content (AvgIpc) is 2.57. The molecule has 0 aromatic carbocycles. The van der Waals surface area contributed by atoms with Gasteiger partial charge >= 0.3 is 0 Å². The number of hydrogen-bond acceptors (Lipinski definition) is 5. The van der Waals surface area contributed by atoms with Crippen LogP contribution >= 0.6 is 0 Å². The van der Waals surface area contributed by atoms with E-state index in [4.69, 9.17) is 0 Å². The average molecular weight is 353 g/mol. The van der Waals surface area contributed by atoms with Crippen LogP contribution in [0.25, 0.3) is 0 Å². The summed E-state index contributed by atoms with van der Waals surface area (Å²) in [5.74, 6) is 0. The highest BCUT2D eigenvalue weighted by Crippen LogP contribution is 2.16. The molecule has 0 spiro atoms. The standard InChI is InChI=1S/C18H29N2O5/c1-2-3-4-10-13-17(19(22)23)16-18(20(24)25)14-11-8-6-5-7-9-12-15-21/h13-14H,2-12,16H2,1H3/b17-13+,18-14+. The monoisotopic (exact) mass is 353 g/mol. The third-order valence-electron chi connectivity index (χ3n) is 3.88. The lowest BCUT2D eigenvalue weighted by Crippen LogP contribution is -2.06. The van der Waals surface area contributed by atoms with Gasteiger partial charge in [0, 0.05) is 6.42 Å². The number of allylic oxidation sites excluding steroid dienone is 2. The van der Waals surface area contributed by atoms with Crippen LogP contribution in [0.3, 0.4) is 0 Å². The molecule has 0 aromatic rings. The normalized spacial score (nSPS) is 12.2. The largest absolute Gasteiger partial charge is 0.291 e. The van der Waals surface area contributed by atoms with Crippen molar-refractivity contribution in [2.75, 3.05) is 0 Å². The minimum absolute atomic E-state index is 0.0934. The van der Waals surface area contributed by atoms with Crippen molar-refractivity contribution in [1.82, 2.24) is 0 Å². The van der Waals surface area contributed by atoms with E-state index in [1.165, 1.54) is 12.2 Å². The molecule has 0 atom stereocenters. The van der Waals surface area contributed by atoms with Crippen molar-refractivity contribution in [3.63, 3.8) is 0 Å². The molecule has 0 bridgehead atoms. The predicted molar refractivity (Wildman–Crippen MR) is 96.9 cm³/mol. The zero-order chi connectivity index (χ0) is 18.9. The van der Waals surface area contributed by atoms with Gasteiger partial charge in [-0.25, -0.2) is 0 Å². The second kappa shape index (κ2) is 15.5. The van der Waals surface area contributed by atoms with Gasteiger partial charge < -0.3 is 0 Å². The minimum atomic E-state index is -0.525. The Labute approximate surface area is 149 Å². The Bertz CT molecular complexity index is 472. The van der Waals surface area contributed by atoms with Crippen LogP contribution in [0.1, 0.15) is 84.0 Å². The molecule has 0 N–H and O–H groups in total. The van der Waals surface area contributed by atoms with E-state index in [9.17, 15) is 25.0 Å². The molecule has 25 heavy (non-hydrogen) atoms. The number of unbranched alkanes of at least 4 members (excludes halogenated alkanes) is 9. The van der Waals surface area contributed by atoms with E-state index >= 15 is 0 Å². The van der Waals surface area contributed by atoms with Crippen LogP contribution in [0.15, 0.2) is 23.5 Å². The van der Waals surface area contributed by atoms with Gasteiger partial charge in [-0.05, 0) is 44.3 Å². The first-order valence-corrected chi connectivity index (χ1v) is 9.04. The summed E-state index contributed by atoms with van der Waals surface area (Å²) in [5.41, 5.74) is -0.196. The van der Waals surface area contributed by atoms with Crippen molar-refractivity contribution >= 4 is 6.29 Å².